The first-order valence-electron chi connectivity index (χ1n) is 6.19. The van der Waals surface area contributed by atoms with Gasteiger partial charge in [-0.1, -0.05) is 12.1 Å². The summed E-state index contributed by atoms with van der Waals surface area (Å²) in [7, 11) is 0. The van der Waals surface area contributed by atoms with Gasteiger partial charge in [-0.15, -0.1) is 0 Å². The Morgan fingerprint density at radius 2 is 2.05 bits per heavy atom. The van der Waals surface area contributed by atoms with E-state index in [9.17, 15) is 9.59 Å². The summed E-state index contributed by atoms with van der Waals surface area (Å²) in [6.45, 7) is 1.78. The van der Waals surface area contributed by atoms with Gasteiger partial charge in [0.15, 0.2) is 0 Å². The highest BCUT2D eigenvalue weighted by Crippen LogP contribution is 2.26. The van der Waals surface area contributed by atoms with Crippen LogP contribution < -0.4 is 16.0 Å². The smallest absolute Gasteiger partial charge is 0.249 e. The average molecular weight is 271 g/mol. The number of aromatic nitrogens is 2. The van der Waals surface area contributed by atoms with Crippen molar-refractivity contribution in [2.24, 2.45) is 0 Å². The van der Waals surface area contributed by atoms with Gasteiger partial charge in [-0.05, 0) is 19.1 Å². The third-order valence-corrected chi connectivity index (χ3v) is 3.30. The first-order valence-corrected chi connectivity index (χ1v) is 6.19. The van der Waals surface area contributed by atoms with Crippen LogP contribution in [-0.2, 0) is 9.59 Å². The van der Waals surface area contributed by atoms with Gasteiger partial charge in [0.1, 0.15) is 11.9 Å². The van der Waals surface area contributed by atoms with E-state index in [1.54, 1.807) is 11.8 Å². The summed E-state index contributed by atoms with van der Waals surface area (Å²) in [5.74, 6) is -0.0787. The first kappa shape index (κ1) is 12.3. The minimum atomic E-state index is -0.495. The average Bonchev–Trinajstić information content (AvgIpc) is 2.42. The summed E-state index contributed by atoms with van der Waals surface area (Å²) in [6, 6.07) is 6.85. The number of piperazine rings is 1. The van der Waals surface area contributed by atoms with Gasteiger partial charge >= 0.3 is 0 Å². The fourth-order valence-corrected chi connectivity index (χ4v) is 2.27. The maximum Gasteiger partial charge on any atom is 0.249 e. The number of fused-ring (bicyclic) bond motifs is 1. The summed E-state index contributed by atoms with van der Waals surface area (Å²) in [6.07, 6.45) is 0. The van der Waals surface area contributed by atoms with Crippen LogP contribution >= 0.6 is 0 Å². The topological polar surface area (TPSA) is 101 Å². The summed E-state index contributed by atoms with van der Waals surface area (Å²) in [5.41, 5.74) is 6.39. The molecule has 0 radical (unpaired) electrons. The summed E-state index contributed by atoms with van der Waals surface area (Å²) in [4.78, 5) is 33.3. The van der Waals surface area contributed by atoms with E-state index in [0.717, 1.165) is 5.39 Å². The van der Waals surface area contributed by atoms with Gasteiger partial charge in [0.2, 0.25) is 17.8 Å². The Morgan fingerprint density at radius 3 is 2.85 bits per heavy atom. The quantitative estimate of drug-likeness (QED) is 0.711. The fourth-order valence-electron chi connectivity index (χ4n) is 2.27. The van der Waals surface area contributed by atoms with Crippen LogP contribution in [-0.4, -0.2) is 34.4 Å². The number of amides is 2. The molecule has 1 fully saturated rings. The number of nitrogens with two attached hydrogens (primary N) is 1. The molecule has 0 spiro atoms. The maximum absolute atomic E-state index is 11.8. The van der Waals surface area contributed by atoms with Gasteiger partial charge in [-0.25, -0.2) is 4.98 Å². The van der Waals surface area contributed by atoms with Crippen LogP contribution in [0.25, 0.3) is 10.9 Å². The second-order valence-corrected chi connectivity index (χ2v) is 4.64. The molecule has 1 unspecified atom stereocenters. The number of imide groups is 1. The molecule has 2 heterocycles. The van der Waals surface area contributed by atoms with Gasteiger partial charge in [0, 0.05) is 5.39 Å². The molecule has 2 aromatic rings. The van der Waals surface area contributed by atoms with Crippen LogP contribution in [0.15, 0.2) is 24.3 Å². The lowest BCUT2D eigenvalue weighted by atomic mass is 10.1. The molecule has 3 N–H and O–H groups in total. The number of nitrogen functional groups attached to an aromatic ring is 1. The molecule has 102 valence electrons. The van der Waals surface area contributed by atoms with E-state index in [0.29, 0.717) is 11.3 Å². The Labute approximate surface area is 114 Å². The third kappa shape index (κ3) is 1.93. The van der Waals surface area contributed by atoms with Crippen LogP contribution in [0.2, 0.25) is 0 Å². The van der Waals surface area contributed by atoms with Crippen molar-refractivity contribution in [1.82, 2.24) is 15.3 Å². The maximum atomic E-state index is 11.8. The van der Waals surface area contributed by atoms with Crippen molar-refractivity contribution >= 4 is 34.5 Å². The van der Waals surface area contributed by atoms with Crippen LogP contribution in [0.1, 0.15) is 6.92 Å². The molecule has 0 bridgehead atoms. The molecule has 0 saturated carbocycles. The number of rotatable bonds is 1. The molecular formula is C13H13N5O2. The number of anilines is 2. The van der Waals surface area contributed by atoms with Crippen molar-refractivity contribution in [3.8, 4) is 0 Å². The molecule has 20 heavy (non-hydrogen) atoms. The van der Waals surface area contributed by atoms with Crippen molar-refractivity contribution in [2.75, 3.05) is 17.2 Å². The van der Waals surface area contributed by atoms with E-state index in [1.807, 2.05) is 24.3 Å². The normalized spacial score (nSPS) is 19.2. The summed E-state index contributed by atoms with van der Waals surface area (Å²) < 4.78 is 0. The van der Waals surface area contributed by atoms with E-state index in [4.69, 9.17) is 5.73 Å². The number of hydrogen-bond acceptors (Lipinski definition) is 6. The van der Waals surface area contributed by atoms with Gasteiger partial charge in [0.25, 0.3) is 0 Å². The predicted molar refractivity (Wildman–Crippen MR) is 73.9 cm³/mol. The molecule has 0 aliphatic carbocycles. The highest BCUT2D eigenvalue weighted by atomic mass is 16.2. The molecule has 7 heteroatoms. The minimum absolute atomic E-state index is 0.0629. The standard InChI is InChI=1S/C13H13N5O2/c1-7-12(20)16-10(19)6-18(7)11-8-4-2-3-5-9(8)15-13(14)17-11/h2-5,7H,6H2,1H3,(H2,14,15,17)(H,16,19,20). The molecule has 1 aromatic carbocycles. The lowest BCUT2D eigenvalue weighted by Crippen LogP contribution is -2.57. The molecule has 1 aliphatic heterocycles. The van der Waals surface area contributed by atoms with Crippen LogP contribution in [0.3, 0.4) is 0 Å². The van der Waals surface area contributed by atoms with Gasteiger partial charge < -0.3 is 10.6 Å². The molecular weight excluding hydrogens is 258 g/mol. The highest BCUT2D eigenvalue weighted by Gasteiger charge is 2.32. The van der Waals surface area contributed by atoms with Crippen LogP contribution in [0.5, 0.6) is 0 Å². The number of carbonyl (C=O) groups is 2. The van der Waals surface area contributed by atoms with Crippen LogP contribution in [0.4, 0.5) is 11.8 Å². The van der Waals surface area contributed by atoms with Crippen molar-refractivity contribution in [3.63, 3.8) is 0 Å². The van der Waals surface area contributed by atoms with E-state index >= 15 is 0 Å². The van der Waals surface area contributed by atoms with Crippen molar-refractivity contribution in [3.05, 3.63) is 24.3 Å². The predicted octanol–water partition coefficient (Wildman–Crippen LogP) is 0.0633. The largest absolute Gasteiger partial charge is 0.368 e. The Balaban J connectivity index is 2.18. The lowest BCUT2D eigenvalue weighted by Gasteiger charge is -2.33. The summed E-state index contributed by atoms with van der Waals surface area (Å²) in [5, 5.41) is 3.06. The Bertz CT molecular complexity index is 715. The zero-order chi connectivity index (χ0) is 14.3. The van der Waals surface area contributed by atoms with E-state index in [1.165, 1.54) is 0 Å². The monoisotopic (exact) mass is 271 g/mol. The number of hydrogen-bond donors (Lipinski definition) is 2. The zero-order valence-corrected chi connectivity index (χ0v) is 10.8. The highest BCUT2D eigenvalue weighted by molar-refractivity contribution is 6.06. The Morgan fingerprint density at radius 1 is 1.30 bits per heavy atom. The van der Waals surface area contributed by atoms with Gasteiger partial charge in [0.05, 0.1) is 12.1 Å². The SMILES string of the molecule is CC1C(=O)NC(=O)CN1c1nc(N)nc2ccccc12. The number of para-hydroxylation sites is 1. The molecule has 1 aliphatic rings. The minimum Gasteiger partial charge on any atom is -0.368 e. The Hall–Kier alpha value is -2.70. The second-order valence-electron chi connectivity index (χ2n) is 4.64. The number of benzene rings is 1. The molecule has 1 aromatic heterocycles. The van der Waals surface area contributed by atoms with Gasteiger partial charge in [-0.2, -0.15) is 4.98 Å². The van der Waals surface area contributed by atoms with E-state index in [2.05, 4.69) is 15.3 Å². The number of nitrogens with zero attached hydrogens (tertiary/aromatic N) is 3. The second kappa shape index (κ2) is 4.44. The first-order chi connectivity index (χ1) is 9.56. The molecule has 7 nitrogen and oxygen atoms in total. The summed E-state index contributed by atoms with van der Waals surface area (Å²) >= 11 is 0. The zero-order valence-electron chi connectivity index (χ0n) is 10.8. The molecule has 2 amide bonds. The van der Waals surface area contributed by atoms with Crippen molar-refractivity contribution < 1.29 is 9.59 Å². The van der Waals surface area contributed by atoms with E-state index < -0.39 is 6.04 Å². The fraction of sp³-hybridized carbons (Fsp3) is 0.231. The molecule has 1 saturated heterocycles. The number of nitrogens with one attached hydrogen (secondary N) is 1. The number of carbonyl (C=O) groups excluding carboxylic acids is 2. The molecule has 3 rings (SSSR count). The molecule has 1 atom stereocenters. The van der Waals surface area contributed by atoms with Crippen molar-refractivity contribution in [2.45, 2.75) is 13.0 Å². The van der Waals surface area contributed by atoms with Crippen molar-refractivity contribution in [1.29, 1.82) is 0 Å². The van der Waals surface area contributed by atoms with Gasteiger partial charge in [-0.3, -0.25) is 14.9 Å². The van der Waals surface area contributed by atoms with Crippen LogP contribution in [0, 0.1) is 0 Å². The van der Waals surface area contributed by atoms with E-state index in [-0.39, 0.29) is 24.3 Å². The lowest BCUT2D eigenvalue weighted by molar-refractivity contribution is -0.132. The Kier molecular flexibility index (Phi) is 2.74. The third-order valence-electron chi connectivity index (χ3n) is 3.30.